The molecular weight excluding hydrogens is 375 g/mol. The smallest absolute Gasteiger partial charge is 0.189 e. The van der Waals surface area contributed by atoms with Gasteiger partial charge in [0.25, 0.3) is 0 Å². The number of nitrogens with one attached hydrogen (secondary N) is 1. The van der Waals surface area contributed by atoms with Crippen LogP contribution in [0.25, 0.3) is 0 Å². The van der Waals surface area contributed by atoms with E-state index < -0.39 is 0 Å². The van der Waals surface area contributed by atoms with E-state index in [1.165, 1.54) is 4.88 Å². The van der Waals surface area contributed by atoms with Crippen molar-refractivity contribution < 1.29 is 4.74 Å². The van der Waals surface area contributed by atoms with Crippen molar-refractivity contribution in [1.29, 1.82) is 0 Å². The SMILES string of the molecule is Cc1nc(CN=C(N)NCC2CCCO2)sc1C.I. The highest BCUT2D eigenvalue weighted by atomic mass is 127. The third-order valence-electron chi connectivity index (χ3n) is 2.99. The van der Waals surface area contributed by atoms with Crippen molar-refractivity contribution in [2.45, 2.75) is 39.3 Å². The lowest BCUT2D eigenvalue weighted by Gasteiger charge is -2.10. The molecule has 1 aliphatic rings. The first-order valence-electron chi connectivity index (χ1n) is 6.23. The van der Waals surface area contributed by atoms with Crippen LogP contribution in [0.1, 0.15) is 28.4 Å². The summed E-state index contributed by atoms with van der Waals surface area (Å²) in [5.41, 5.74) is 6.88. The normalized spacial score (nSPS) is 19.3. The summed E-state index contributed by atoms with van der Waals surface area (Å²) in [6.45, 7) is 6.23. The van der Waals surface area contributed by atoms with Gasteiger partial charge in [0, 0.05) is 18.0 Å². The van der Waals surface area contributed by atoms with Crippen molar-refractivity contribution in [2.75, 3.05) is 13.2 Å². The van der Waals surface area contributed by atoms with E-state index in [1.54, 1.807) is 11.3 Å². The number of aliphatic imine (C=N–C) groups is 1. The number of guanidine groups is 1. The number of nitrogens with two attached hydrogens (primary N) is 1. The molecule has 2 heterocycles. The molecular formula is C12H21IN4OS. The number of hydrogen-bond acceptors (Lipinski definition) is 4. The summed E-state index contributed by atoms with van der Waals surface area (Å²) in [5, 5.41) is 4.10. The molecule has 1 fully saturated rings. The van der Waals surface area contributed by atoms with Gasteiger partial charge >= 0.3 is 0 Å². The van der Waals surface area contributed by atoms with Crippen molar-refractivity contribution >= 4 is 41.3 Å². The topological polar surface area (TPSA) is 72.5 Å². The molecule has 5 nitrogen and oxygen atoms in total. The zero-order valence-electron chi connectivity index (χ0n) is 11.3. The number of halogens is 1. The highest BCUT2D eigenvalue weighted by Gasteiger charge is 2.14. The van der Waals surface area contributed by atoms with E-state index in [4.69, 9.17) is 10.5 Å². The van der Waals surface area contributed by atoms with Gasteiger partial charge in [0.05, 0.1) is 18.3 Å². The zero-order valence-corrected chi connectivity index (χ0v) is 14.5. The molecule has 19 heavy (non-hydrogen) atoms. The van der Waals surface area contributed by atoms with E-state index in [0.717, 1.165) is 36.7 Å². The number of aromatic nitrogens is 1. The summed E-state index contributed by atoms with van der Waals surface area (Å²) in [6.07, 6.45) is 2.52. The maximum Gasteiger partial charge on any atom is 0.189 e. The van der Waals surface area contributed by atoms with Crippen LogP contribution in [0.15, 0.2) is 4.99 Å². The highest BCUT2D eigenvalue weighted by Crippen LogP contribution is 2.16. The van der Waals surface area contributed by atoms with Gasteiger partial charge in [-0.25, -0.2) is 9.98 Å². The van der Waals surface area contributed by atoms with Crippen LogP contribution in [0, 0.1) is 13.8 Å². The Morgan fingerprint density at radius 3 is 2.95 bits per heavy atom. The van der Waals surface area contributed by atoms with Crippen LogP contribution < -0.4 is 11.1 Å². The van der Waals surface area contributed by atoms with Crippen LogP contribution in [-0.2, 0) is 11.3 Å². The van der Waals surface area contributed by atoms with Crippen LogP contribution >= 0.6 is 35.3 Å². The van der Waals surface area contributed by atoms with Crippen LogP contribution in [0.5, 0.6) is 0 Å². The van der Waals surface area contributed by atoms with Crippen molar-refractivity contribution in [3.05, 3.63) is 15.6 Å². The molecule has 0 spiro atoms. The summed E-state index contributed by atoms with van der Waals surface area (Å²) in [7, 11) is 0. The average Bonchev–Trinajstić information content (AvgIpc) is 2.95. The van der Waals surface area contributed by atoms with Crippen molar-refractivity contribution in [3.63, 3.8) is 0 Å². The van der Waals surface area contributed by atoms with Crippen LogP contribution in [0.4, 0.5) is 0 Å². The first-order valence-corrected chi connectivity index (χ1v) is 7.05. The minimum atomic E-state index is 0. The second-order valence-electron chi connectivity index (χ2n) is 4.47. The lowest BCUT2D eigenvalue weighted by Crippen LogP contribution is -2.37. The third-order valence-corrected chi connectivity index (χ3v) is 4.05. The number of ether oxygens (including phenoxy) is 1. The van der Waals surface area contributed by atoms with Crippen molar-refractivity contribution in [1.82, 2.24) is 10.3 Å². The number of nitrogens with zero attached hydrogens (tertiary/aromatic N) is 2. The second kappa shape index (κ2) is 8.01. The maximum atomic E-state index is 5.80. The van der Waals surface area contributed by atoms with Crippen LogP contribution in [-0.4, -0.2) is 30.2 Å². The van der Waals surface area contributed by atoms with Gasteiger partial charge in [-0.05, 0) is 26.7 Å². The van der Waals surface area contributed by atoms with Gasteiger partial charge < -0.3 is 15.8 Å². The molecule has 1 aliphatic heterocycles. The Morgan fingerprint density at radius 1 is 1.58 bits per heavy atom. The molecule has 108 valence electrons. The highest BCUT2D eigenvalue weighted by molar-refractivity contribution is 14.0. The summed E-state index contributed by atoms with van der Waals surface area (Å²) in [4.78, 5) is 9.95. The Kier molecular flexibility index (Phi) is 7.01. The lowest BCUT2D eigenvalue weighted by atomic mass is 10.2. The lowest BCUT2D eigenvalue weighted by molar-refractivity contribution is 0.114. The van der Waals surface area contributed by atoms with E-state index in [0.29, 0.717) is 12.5 Å². The number of thiazole rings is 1. The number of rotatable bonds is 4. The molecule has 1 aromatic rings. The molecule has 0 saturated carbocycles. The largest absolute Gasteiger partial charge is 0.376 e. The standard InChI is InChI=1S/C12H20N4OS.HI/c1-8-9(2)18-11(16-8)7-15-12(13)14-6-10-4-3-5-17-10;/h10H,3-7H2,1-2H3,(H3,13,14,15);1H. The van der Waals surface area contributed by atoms with Gasteiger partial charge in [-0.1, -0.05) is 0 Å². The third kappa shape index (κ3) is 5.23. The fourth-order valence-electron chi connectivity index (χ4n) is 1.84. The van der Waals surface area contributed by atoms with Gasteiger partial charge in [-0.2, -0.15) is 0 Å². The minimum Gasteiger partial charge on any atom is -0.376 e. The Labute approximate surface area is 135 Å². The van der Waals surface area contributed by atoms with E-state index in [1.807, 2.05) is 6.92 Å². The van der Waals surface area contributed by atoms with Gasteiger partial charge in [0.15, 0.2) is 5.96 Å². The molecule has 0 bridgehead atoms. The molecule has 0 aliphatic carbocycles. The predicted octanol–water partition coefficient (Wildman–Crippen LogP) is 1.96. The van der Waals surface area contributed by atoms with E-state index in [2.05, 4.69) is 22.2 Å². The second-order valence-corrected chi connectivity index (χ2v) is 5.75. The summed E-state index contributed by atoms with van der Waals surface area (Å²) < 4.78 is 5.50. The molecule has 1 aromatic heterocycles. The minimum absolute atomic E-state index is 0. The van der Waals surface area contributed by atoms with Crippen molar-refractivity contribution in [2.24, 2.45) is 10.7 Å². The molecule has 2 rings (SSSR count). The van der Waals surface area contributed by atoms with Crippen LogP contribution in [0.2, 0.25) is 0 Å². The van der Waals surface area contributed by atoms with E-state index >= 15 is 0 Å². The summed E-state index contributed by atoms with van der Waals surface area (Å²) in [6, 6.07) is 0. The first-order chi connectivity index (χ1) is 8.65. The first kappa shape index (κ1) is 16.6. The maximum absolute atomic E-state index is 5.80. The fraction of sp³-hybridized carbons (Fsp3) is 0.667. The molecule has 1 atom stereocenters. The molecule has 0 radical (unpaired) electrons. The zero-order chi connectivity index (χ0) is 13.0. The molecule has 1 unspecified atom stereocenters. The fourth-order valence-corrected chi connectivity index (χ4v) is 2.70. The average molecular weight is 396 g/mol. The quantitative estimate of drug-likeness (QED) is 0.464. The van der Waals surface area contributed by atoms with Crippen molar-refractivity contribution in [3.8, 4) is 0 Å². The monoisotopic (exact) mass is 396 g/mol. The van der Waals surface area contributed by atoms with Gasteiger partial charge in [0.2, 0.25) is 0 Å². The Bertz CT molecular complexity index is 410. The van der Waals surface area contributed by atoms with Gasteiger partial charge in [0.1, 0.15) is 5.01 Å². The Hall–Kier alpha value is -0.410. The van der Waals surface area contributed by atoms with E-state index in [9.17, 15) is 0 Å². The molecule has 0 aromatic carbocycles. The Balaban J connectivity index is 0.00000180. The predicted molar refractivity (Wildman–Crippen MR) is 89.3 cm³/mol. The summed E-state index contributed by atoms with van der Waals surface area (Å²) >= 11 is 1.67. The molecule has 0 amide bonds. The molecule has 3 N–H and O–H groups in total. The number of aryl methyl sites for hydroxylation is 2. The van der Waals surface area contributed by atoms with Gasteiger partial charge in [-0.3, -0.25) is 0 Å². The molecule has 1 saturated heterocycles. The van der Waals surface area contributed by atoms with E-state index in [-0.39, 0.29) is 30.1 Å². The molecule has 7 heteroatoms. The van der Waals surface area contributed by atoms with Gasteiger partial charge in [-0.15, -0.1) is 35.3 Å². The number of hydrogen-bond donors (Lipinski definition) is 2. The van der Waals surface area contributed by atoms with Crippen LogP contribution in [0.3, 0.4) is 0 Å². The summed E-state index contributed by atoms with van der Waals surface area (Å²) in [5.74, 6) is 0.469. The Morgan fingerprint density at radius 2 is 2.37 bits per heavy atom.